The van der Waals surface area contributed by atoms with E-state index in [0.29, 0.717) is 30.0 Å². The molecule has 158 valence electrons. The molecule has 2 aromatic rings. The number of aromatic nitrogens is 1. The number of ether oxygens (including phenoxy) is 1. The Morgan fingerprint density at radius 3 is 2.33 bits per heavy atom. The number of benzene rings is 1. The van der Waals surface area contributed by atoms with Crippen LogP contribution in [0.5, 0.6) is 5.75 Å². The van der Waals surface area contributed by atoms with Crippen LogP contribution in [-0.2, 0) is 9.59 Å². The van der Waals surface area contributed by atoms with Gasteiger partial charge in [0.05, 0.1) is 39.3 Å². The summed E-state index contributed by atoms with van der Waals surface area (Å²) in [4.78, 5) is 32.3. The van der Waals surface area contributed by atoms with E-state index < -0.39 is 23.5 Å². The van der Waals surface area contributed by atoms with Crippen molar-refractivity contribution in [3.8, 4) is 5.75 Å². The zero-order valence-electron chi connectivity index (χ0n) is 17.7. The molecule has 1 aliphatic heterocycles. The molecule has 1 aliphatic rings. The number of carbonyl (C=O) groups excluding carboxylic acids is 2. The Bertz CT molecular complexity index is 937. The number of likely N-dealkylation sites (N-methyl/N-ethyl adjacent to an activating group) is 1. The molecule has 0 bridgehead atoms. The van der Waals surface area contributed by atoms with Gasteiger partial charge in [0.25, 0.3) is 5.91 Å². The first-order chi connectivity index (χ1) is 14.3. The summed E-state index contributed by atoms with van der Waals surface area (Å²) in [6, 6.07) is 9.40. The Morgan fingerprint density at radius 2 is 1.77 bits per heavy atom. The van der Waals surface area contributed by atoms with Crippen LogP contribution in [0.25, 0.3) is 5.76 Å². The average molecular weight is 409 g/mol. The van der Waals surface area contributed by atoms with E-state index in [2.05, 4.69) is 4.98 Å². The van der Waals surface area contributed by atoms with Crippen LogP contribution in [0.2, 0.25) is 0 Å². The third-order valence-corrected chi connectivity index (χ3v) is 4.89. The maximum Gasteiger partial charge on any atom is 0.295 e. The van der Waals surface area contributed by atoms with Gasteiger partial charge < -0.3 is 19.6 Å². The van der Waals surface area contributed by atoms with Gasteiger partial charge in [0, 0.05) is 18.0 Å². The highest BCUT2D eigenvalue weighted by molar-refractivity contribution is 6.46. The number of nitrogens with zero attached hydrogens (tertiary/aromatic N) is 2. The molecule has 1 aromatic heterocycles. The predicted octanol–water partition coefficient (Wildman–Crippen LogP) is 0.237. The number of amides is 1. The van der Waals surface area contributed by atoms with Crippen LogP contribution in [0.3, 0.4) is 0 Å². The number of quaternary nitrogens is 1. The number of nitrogens with one attached hydrogen (secondary N) is 1. The second-order valence-electron chi connectivity index (χ2n) is 7.90. The molecule has 1 unspecified atom stereocenters. The van der Waals surface area contributed by atoms with Gasteiger partial charge in [-0.3, -0.25) is 14.6 Å². The Labute approximate surface area is 176 Å². The van der Waals surface area contributed by atoms with Gasteiger partial charge in [-0.1, -0.05) is 17.9 Å². The molecular formula is C23H27N3O4. The van der Waals surface area contributed by atoms with Crippen molar-refractivity contribution in [2.24, 2.45) is 0 Å². The quantitative estimate of drug-likeness (QED) is 0.402. The lowest BCUT2D eigenvalue weighted by Gasteiger charge is -2.27. The van der Waals surface area contributed by atoms with Crippen LogP contribution in [0.15, 0.2) is 54.4 Å². The molecule has 1 aromatic carbocycles. The molecule has 1 atom stereocenters. The van der Waals surface area contributed by atoms with E-state index in [9.17, 15) is 14.7 Å². The van der Waals surface area contributed by atoms with E-state index in [4.69, 9.17) is 4.74 Å². The fourth-order valence-corrected chi connectivity index (χ4v) is 3.45. The lowest BCUT2D eigenvalue weighted by molar-refractivity contribution is -0.857. The van der Waals surface area contributed by atoms with Gasteiger partial charge in [-0.05, 0) is 49.2 Å². The van der Waals surface area contributed by atoms with Crippen LogP contribution in [0.4, 0.5) is 0 Å². The number of ketones is 1. The maximum atomic E-state index is 13.3. The Kier molecular flexibility index (Phi) is 6.52. The lowest BCUT2D eigenvalue weighted by Crippen LogP contribution is -3.06. The molecule has 30 heavy (non-hydrogen) atoms. The van der Waals surface area contributed by atoms with E-state index in [0.717, 1.165) is 4.90 Å². The standard InChI is InChI=1S/C23H27N3O4/c1-15(2)30-18-7-5-17(6-8-18)21(27)19-20(16-9-11-24-12-10-16)26(14-13-25(3)4)23(29)22(19)28/h5-12,15,20,27H,13-14H2,1-4H3. The van der Waals surface area contributed by atoms with E-state index in [1.807, 2.05) is 27.9 Å². The molecule has 2 heterocycles. The fourth-order valence-electron chi connectivity index (χ4n) is 3.45. The summed E-state index contributed by atoms with van der Waals surface area (Å²) in [6.07, 6.45) is 3.20. The monoisotopic (exact) mass is 409 g/mol. The van der Waals surface area contributed by atoms with Crippen LogP contribution in [-0.4, -0.2) is 54.9 Å². The normalized spacial score (nSPS) is 18.5. The van der Waals surface area contributed by atoms with Gasteiger partial charge in [0.1, 0.15) is 5.75 Å². The maximum absolute atomic E-state index is 13.3. The molecule has 3 rings (SSSR count). The number of likely N-dealkylation sites (tertiary alicyclic amines) is 1. The lowest BCUT2D eigenvalue weighted by atomic mass is 9.96. The number of carbonyl (C=O) groups is 2. The molecule has 0 radical (unpaired) electrons. The van der Waals surface area contributed by atoms with Gasteiger partial charge in [0.2, 0.25) is 5.78 Å². The molecule has 7 nitrogen and oxygen atoms in total. The van der Waals surface area contributed by atoms with Gasteiger partial charge in [0.15, 0.2) is 0 Å². The van der Waals surface area contributed by atoms with Crippen molar-refractivity contribution < 1.29 is 24.3 Å². The Morgan fingerprint density at radius 1 is 1.13 bits per heavy atom. The summed E-state index contributed by atoms with van der Waals surface area (Å²) in [7, 11) is 3.95. The topological polar surface area (TPSA) is 87.0 Å². The highest BCUT2D eigenvalue weighted by atomic mass is 16.5. The molecule has 7 heteroatoms. The zero-order chi connectivity index (χ0) is 21.8. The third-order valence-electron chi connectivity index (χ3n) is 4.89. The molecule has 0 spiro atoms. The number of Topliss-reactive ketones (excluding diaryl/α,β-unsaturated/α-hetero) is 1. The summed E-state index contributed by atoms with van der Waals surface area (Å²) in [5.74, 6) is -1.17. The third kappa shape index (κ3) is 4.52. The zero-order valence-corrected chi connectivity index (χ0v) is 17.7. The largest absolute Gasteiger partial charge is 0.872 e. The van der Waals surface area contributed by atoms with Crippen LogP contribution < -0.4 is 14.7 Å². The summed E-state index contributed by atoms with van der Waals surface area (Å²) < 4.78 is 5.62. The summed E-state index contributed by atoms with van der Waals surface area (Å²) in [5, 5.41) is 13.3. The van der Waals surface area contributed by atoms with Crippen LogP contribution >= 0.6 is 0 Å². The number of hydrogen-bond acceptors (Lipinski definition) is 5. The van der Waals surface area contributed by atoms with Crippen molar-refractivity contribution in [1.82, 2.24) is 9.88 Å². The van der Waals surface area contributed by atoms with Crippen LogP contribution in [0.1, 0.15) is 31.0 Å². The molecule has 1 N–H and O–H groups in total. The molecule has 0 saturated carbocycles. The second-order valence-corrected chi connectivity index (χ2v) is 7.90. The van der Waals surface area contributed by atoms with Crippen molar-refractivity contribution in [3.63, 3.8) is 0 Å². The van der Waals surface area contributed by atoms with E-state index >= 15 is 0 Å². The number of hydrogen-bond donors (Lipinski definition) is 1. The summed E-state index contributed by atoms with van der Waals surface area (Å²) in [5.41, 5.74) is 1.03. The summed E-state index contributed by atoms with van der Waals surface area (Å²) in [6.45, 7) is 4.86. The average Bonchev–Trinajstić information content (AvgIpc) is 2.97. The van der Waals surface area contributed by atoms with Crippen molar-refractivity contribution >= 4 is 17.4 Å². The van der Waals surface area contributed by atoms with Gasteiger partial charge in [-0.2, -0.15) is 0 Å². The van der Waals surface area contributed by atoms with E-state index in [1.165, 1.54) is 4.90 Å². The Hall–Kier alpha value is -3.19. The molecule has 1 fully saturated rings. The van der Waals surface area contributed by atoms with E-state index in [1.54, 1.807) is 48.8 Å². The fraction of sp³-hybridized carbons (Fsp3) is 0.348. The van der Waals surface area contributed by atoms with Crippen molar-refractivity contribution in [3.05, 3.63) is 65.5 Å². The first kappa shape index (κ1) is 21.5. The Balaban J connectivity index is 2.05. The minimum absolute atomic E-state index is 0.0124. The van der Waals surface area contributed by atoms with Gasteiger partial charge in [-0.25, -0.2) is 0 Å². The SMILES string of the molecule is CC(C)Oc1ccc(C([O-])=C2C(=O)C(=O)N(CC[NH+](C)C)C2c2ccncc2)cc1. The highest BCUT2D eigenvalue weighted by Gasteiger charge is 2.44. The van der Waals surface area contributed by atoms with Gasteiger partial charge in [-0.15, -0.1) is 0 Å². The van der Waals surface area contributed by atoms with Gasteiger partial charge >= 0.3 is 0 Å². The molecular weight excluding hydrogens is 382 g/mol. The second kappa shape index (κ2) is 9.09. The first-order valence-electron chi connectivity index (χ1n) is 10.0. The molecule has 0 aliphatic carbocycles. The van der Waals surface area contributed by atoms with E-state index in [-0.39, 0.29) is 11.7 Å². The first-order valence-corrected chi connectivity index (χ1v) is 10.0. The van der Waals surface area contributed by atoms with Crippen molar-refractivity contribution in [1.29, 1.82) is 0 Å². The number of rotatable bonds is 7. The predicted molar refractivity (Wildman–Crippen MR) is 111 cm³/mol. The smallest absolute Gasteiger partial charge is 0.295 e. The summed E-state index contributed by atoms with van der Waals surface area (Å²) >= 11 is 0. The molecule has 1 amide bonds. The number of pyridine rings is 1. The van der Waals surface area contributed by atoms with Crippen LogP contribution in [0, 0.1) is 0 Å². The minimum atomic E-state index is -0.738. The van der Waals surface area contributed by atoms with Crippen molar-refractivity contribution in [2.45, 2.75) is 26.0 Å². The van der Waals surface area contributed by atoms with Crippen molar-refractivity contribution in [2.75, 3.05) is 27.2 Å². The highest BCUT2D eigenvalue weighted by Crippen LogP contribution is 2.38. The molecule has 1 saturated heterocycles. The minimum Gasteiger partial charge on any atom is -0.872 e.